The number of ether oxygens (including phenoxy) is 1. The van der Waals surface area contributed by atoms with Crippen molar-refractivity contribution in [2.45, 2.75) is 13.2 Å². The smallest absolute Gasteiger partial charge is 0.387 e. The average molecular weight is 295 g/mol. The second-order valence-electron chi connectivity index (χ2n) is 4.18. The number of carbonyl (C=O) groups excluding carboxylic acids is 1. The van der Waals surface area contributed by atoms with Gasteiger partial charge in [0.2, 0.25) is 0 Å². The Kier molecular flexibility index (Phi) is 4.81. The van der Waals surface area contributed by atoms with E-state index in [1.165, 1.54) is 30.3 Å². The Balaban J connectivity index is 1.94. The van der Waals surface area contributed by atoms with Gasteiger partial charge in [-0.15, -0.1) is 0 Å². The summed E-state index contributed by atoms with van der Waals surface area (Å²) in [6.45, 7) is -2.72. The molecular formula is C15H12F3NO2. The van der Waals surface area contributed by atoms with E-state index in [1.807, 2.05) is 0 Å². The van der Waals surface area contributed by atoms with Gasteiger partial charge in [-0.1, -0.05) is 24.3 Å². The number of amides is 1. The van der Waals surface area contributed by atoms with Gasteiger partial charge >= 0.3 is 6.61 Å². The van der Waals surface area contributed by atoms with Crippen LogP contribution in [0.2, 0.25) is 0 Å². The summed E-state index contributed by atoms with van der Waals surface area (Å²) in [5.74, 6) is -1.11. The van der Waals surface area contributed by atoms with E-state index in [2.05, 4.69) is 10.1 Å². The normalized spacial score (nSPS) is 10.5. The first-order valence-electron chi connectivity index (χ1n) is 6.13. The Labute approximate surface area is 119 Å². The van der Waals surface area contributed by atoms with Gasteiger partial charge < -0.3 is 10.1 Å². The number of benzene rings is 2. The zero-order valence-corrected chi connectivity index (χ0v) is 10.9. The van der Waals surface area contributed by atoms with Crippen molar-refractivity contribution in [3.05, 3.63) is 65.5 Å². The van der Waals surface area contributed by atoms with Gasteiger partial charge in [0.1, 0.15) is 11.6 Å². The first-order valence-corrected chi connectivity index (χ1v) is 6.13. The SMILES string of the molecule is O=C(NCc1ccc(OC(F)F)cc1)c1ccccc1F. The minimum absolute atomic E-state index is 0.0363. The quantitative estimate of drug-likeness (QED) is 0.918. The molecule has 0 spiro atoms. The van der Waals surface area contributed by atoms with Gasteiger partial charge in [0.25, 0.3) is 5.91 Å². The van der Waals surface area contributed by atoms with E-state index >= 15 is 0 Å². The number of nitrogens with one attached hydrogen (secondary N) is 1. The summed E-state index contributed by atoms with van der Waals surface area (Å²) >= 11 is 0. The average Bonchev–Trinajstić information content (AvgIpc) is 2.46. The molecule has 0 bridgehead atoms. The standard InChI is InChI=1S/C15H12F3NO2/c16-13-4-2-1-3-12(13)14(20)19-9-10-5-7-11(8-6-10)21-15(17)18/h1-8,15H,9H2,(H,19,20). The summed E-state index contributed by atoms with van der Waals surface area (Å²) < 4.78 is 41.6. The van der Waals surface area contributed by atoms with Crippen molar-refractivity contribution in [2.75, 3.05) is 0 Å². The topological polar surface area (TPSA) is 38.3 Å². The predicted octanol–water partition coefficient (Wildman–Crippen LogP) is 3.36. The van der Waals surface area contributed by atoms with E-state index in [0.29, 0.717) is 5.56 Å². The number of alkyl halides is 2. The van der Waals surface area contributed by atoms with Crippen LogP contribution < -0.4 is 10.1 Å². The van der Waals surface area contributed by atoms with Gasteiger partial charge in [-0.25, -0.2) is 4.39 Å². The summed E-state index contributed by atoms with van der Waals surface area (Å²) in [4.78, 5) is 11.8. The van der Waals surface area contributed by atoms with E-state index in [0.717, 1.165) is 0 Å². The van der Waals surface area contributed by atoms with Crippen molar-refractivity contribution in [3.8, 4) is 5.75 Å². The Morgan fingerprint density at radius 3 is 2.38 bits per heavy atom. The molecule has 3 nitrogen and oxygen atoms in total. The molecule has 2 aromatic carbocycles. The molecule has 110 valence electrons. The van der Waals surface area contributed by atoms with Crippen molar-refractivity contribution in [3.63, 3.8) is 0 Å². The van der Waals surface area contributed by atoms with Crippen LogP contribution in [0.25, 0.3) is 0 Å². The molecule has 21 heavy (non-hydrogen) atoms. The number of hydrogen-bond acceptors (Lipinski definition) is 2. The molecule has 0 aliphatic heterocycles. The molecule has 1 N–H and O–H groups in total. The van der Waals surface area contributed by atoms with Crippen molar-refractivity contribution in [1.29, 1.82) is 0 Å². The van der Waals surface area contributed by atoms with Crippen molar-refractivity contribution in [1.82, 2.24) is 5.32 Å². The summed E-state index contributed by atoms with van der Waals surface area (Å²) in [6.07, 6.45) is 0. The van der Waals surface area contributed by atoms with Crippen LogP contribution in [0.15, 0.2) is 48.5 Å². The van der Waals surface area contributed by atoms with Crippen LogP contribution in [0, 0.1) is 5.82 Å². The molecule has 2 aromatic rings. The first kappa shape index (κ1) is 14.9. The number of hydrogen-bond donors (Lipinski definition) is 1. The highest BCUT2D eigenvalue weighted by Crippen LogP contribution is 2.15. The van der Waals surface area contributed by atoms with Crippen LogP contribution in [0.5, 0.6) is 5.75 Å². The van der Waals surface area contributed by atoms with Crippen molar-refractivity contribution in [2.24, 2.45) is 0 Å². The fourth-order valence-corrected chi connectivity index (χ4v) is 1.71. The van der Waals surface area contributed by atoms with E-state index in [4.69, 9.17) is 0 Å². The summed E-state index contributed by atoms with van der Waals surface area (Å²) in [7, 11) is 0. The predicted molar refractivity (Wildman–Crippen MR) is 70.6 cm³/mol. The minimum Gasteiger partial charge on any atom is -0.435 e. The lowest BCUT2D eigenvalue weighted by molar-refractivity contribution is -0.0498. The maximum Gasteiger partial charge on any atom is 0.387 e. The molecule has 0 atom stereocenters. The van der Waals surface area contributed by atoms with Crippen LogP contribution in [-0.4, -0.2) is 12.5 Å². The maximum atomic E-state index is 13.4. The summed E-state index contributed by atoms with van der Waals surface area (Å²) in [5, 5.41) is 2.55. The first-order chi connectivity index (χ1) is 10.1. The zero-order chi connectivity index (χ0) is 15.2. The third-order valence-corrected chi connectivity index (χ3v) is 2.72. The van der Waals surface area contributed by atoms with Crippen molar-refractivity contribution >= 4 is 5.91 Å². The van der Waals surface area contributed by atoms with Gasteiger partial charge in [-0.05, 0) is 29.8 Å². The number of rotatable bonds is 5. The Hall–Kier alpha value is -2.50. The lowest BCUT2D eigenvalue weighted by atomic mass is 10.2. The highest BCUT2D eigenvalue weighted by Gasteiger charge is 2.10. The summed E-state index contributed by atoms with van der Waals surface area (Å²) in [6, 6.07) is 11.5. The maximum absolute atomic E-state index is 13.4. The highest BCUT2D eigenvalue weighted by atomic mass is 19.3. The fourth-order valence-electron chi connectivity index (χ4n) is 1.71. The molecule has 0 aromatic heterocycles. The van der Waals surface area contributed by atoms with E-state index in [1.54, 1.807) is 18.2 Å². The van der Waals surface area contributed by atoms with Gasteiger partial charge in [0.15, 0.2) is 0 Å². The molecule has 0 saturated heterocycles. The second kappa shape index (κ2) is 6.78. The van der Waals surface area contributed by atoms with Gasteiger partial charge in [-0.3, -0.25) is 4.79 Å². The van der Waals surface area contributed by atoms with E-state index < -0.39 is 18.3 Å². The molecule has 0 heterocycles. The van der Waals surface area contributed by atoms with E-state index in [-0.39, 0.29) is 17.9 Å². The zero-order valence-electron chi connectivity index (χ0n) is 10.9. The molecule has 0 aliphatic carbocycles. The van der Waals surface area contributed by atoms with Crippen molar-refractivity contribution < 1.29 is 22.7 Å². The van der Waals surface area contributed by atoms with Crippen LogP contribution in [0.4, 0.5) is 13.2 Å². The second-order valence-corrected chi connectivity index (χ2v) is 4.18. The fraction of sp³-hybridized carbons (Fsp3) is 0.133. The Morgan fingerprint density at radius 1 is 1.10 bits per heavy atom. The van der Waals surface area contributed by atoms with Crippen LogP contribution >= 0.6 is 0 Å². The van der Waals surface area contributed by atoms with Gasteiger partial charge in [0.05, 0.1) is 5.56 Å². The monoisotopic (exact) mass is 295 g/mol. The molecule has 0 unspecified atom stereocenters. The Morgan fingerprint density at radius 2 is 1.76 bits per heavy atom. The summed E-state index contributed by atoms with van der Waals surface area (Å²) in [5.41, 5.74) is 0.636. The molecule has 2 rings (SSSR count). The third-order valence-electron chi connectivity index (χ3n) is 2.72. The molecule has 0 aliphatic rings. The lowest BCUT2D eigenvalue weighted by Gasteiger charge is -2.08. The van der Waals surface area contributed by atoms with Crippen LogP contribution in [0.3, 0.4) is 0 Å². The van der Waals surface area contributed by atoms with Crippen LogP contribution in [0.1, 0.15) is 15.9 Å². The molecule has 0 radical (unpaired) electrons. The molecular weight excluding hydrogens is 283 g/mol. The van der Waals surface area contributed by atoms with Crippen LogP contribution in [-0.2, 0) is 6.54 Å². The Bertz CT molecular complexity index is 615. The largest absolute Gasteiger partial charge is 0.435 e. The molecule has 6 heteroatoms. The molecule has 0 saturated carbocycles. The van der Waals surface area contributed by atoms with Gasteiger partial charge in [0, 0.05) is 6.54 Å². The molecule has 1 amide bonds. The minimum atomic E-state index is -2.88. The number of halogens is 3. The lowest BCUT2D eigenvalue weighted by Crippen LogP contribution is -2.23. The van der Waals surface area contributed by atoms with E-state index in [9.17, 15) is 18.0 Å². The highest BCUT2D eigenvalue weighted by molar-refractivity contribution is 5.94. The molecule has 0 fully saturated rings. The van der Waals surface area contributed by atoms with Gasteiger partial charge in [-0.2, -0.15) is 8.78 Å². The third kappa shape index (κ3) is 4.24. The number of carbonyl (C=O) groups is 1.